The van der Waals surface area contributed by atoms with E-state index in [-0.39, 0.29) is 11.0 Å². The van der Waals surface area contributed by atoms with Crippen LogP contribution in [0.2, 0.25) is 0 Å². The number of nitriles is 1. The lowest BCUT2D eigenvalue weighted by Crippen LogP contribution is -2.41. The minimum absolute atomic E-state index is 0.0956. The number of nitrogens with zero attached hydrogens (tertiary/aromatic N) is 2. The zero-order chi connectivity index (χ0) is 19.1. The highest BCUT2D eigenvalue weighted by atomic mass is 79.9. The number of hydrogen-bond acceptors (Lipinski definition) is 5. The summed E-state index contributed by atoms with van der Waals surface area (Å²) in [4.78, 5) is 15.0. The molecular weight excluding hydrogens is 462 g/mol. The number of hydrogen-bond donors (Lipinski definition) is 2. The smallest absolute Gasteiger partial charge is 0.419 e. The zero-order valence-corrected chi connectivity index (χ0v) is 15.6. The summed E-state index contributed by atoms with van der Waals surface area (Å²) in [6.07, 6.45) is -3.85. The minimum Gasteiger partial charge on any atom is -0.582 e. The summed E-state index contributed by atoms with van der Waals surface area (Å²) in [6, 6.07) is 1.91. The number of aromatic nitrogens is 1. The summed E-state index contributed by atoms with van der Waals surface area (Å²) < 4.78 is 47.2. The molecular formula is C11H9BrCl2F3N3O3S. The van der Waals surface area contributed by atoms with Crippen molar-refractivity contribution in [1.82, 2.24) is 4.98 Å². The molecule has 0 saturated heterocycles. The largest absolute Gasteiger partial charge is 0.582 e. The van der Waals surface area contributed by atoms with Crippen LogP contribution in [0.15, 0.2) is 12.3 Å². The van der Waals surface area contributed by atoms with Gasteiger partial charge in [-0.05, 0) is 13.0 Å². The van der Waals surface area contributed by atoms with Crippen LogP contribution in [0.4, 0.5) is 18.9 Å². The summed E-state index contributed by atoms with van der Waals surface area (Å²) in [6.45, 7) is 1.19. The lowest BCUT2D eigenvalue weighted by Gasteiger charge is -2.19. The van der Waals surface area contributed by atoms with Crippen molar-refractivity contribution in [2.24, 2.45) is 0 Å². The Kier molecular flexibility index (Phi) is 9.34. The molecule has 0 aliphatic rings. The Hall–Kier alpha value is -0.770. The van der Waals surface area contributed by atoms with Crippen LogP contribution in [0.5, 0.6) is 0 Å². The van der Waals surface area contributed by atoms with Crippen LogP contribution < -0.4 is 5.32 Å². The van der Waals surface area contributed by atoms with Crippen molar-refractivity contribution < 1.29 is 27.6 Å². The number of anilines is 1. The first kappa shape index (κ1) is 23.2. The molecule has 1 aromatic heterocycles. The first-order valence-corrected chi connectivity index (χ1v) is 9.59. The normalized spacial score (nSPS) is 13.4. The van der Waals surface area contributed by atoms with E-state index in [0.29, 0.717) is 6.07 Å². The molecule has 0 spiro atoms. The first-order valence-electron chi connectivity index (χ1n) is 5.66. The zero-order valence-electron chi connectivity index (χ0n) is 11.7. The molecule has 0 saturated carbocycles. The molecule has 2 N–H and O–H groups in total. The molecule has 0 aliphatic heterocycles. The molecule has 134 valence electrons. The van der Waals surface area contributed by atoms with Crippen LogP contribution in [-0.2, 0) is 20.6 Å². The molecule has 1 heterocycles. The van der Waals surface area contributed by atoms with E-state index >= 15 is 0 Å². The van der Waals surface area contributed by atoms with Gasteiger partial charge in [-0.25, -0.2) is 4.98 Å². The number of carbonyl (C=O) groups is 1. The predicted octanol–water partition coefficient (Wildman–Crippen LogP) is 3.10. The SMILES string of the molecule is C[C@](O)(CBr)C(=O)Nc1cnc(C#N)c(C(F)(F)F)c1.[O-][S+](Cl)Cl. The van der Waals surface area contributed by atoms with Crippen LogP contribution >= 0.6 is 37.3 Å². The van der Waals surface area contributed by atoms with E-state index < -0.39 is 38.5 Å². The van der Waals surface area contributed by atoms with Crippen molar-refractivity contribution in [1.29, 1.82) is 5.26 Å². The molecule has 24 heavy (non-hydrogen) atoms. The molecule has 0 bridgehead atoms. The number of alkyl halides is 4. The Morgan fingerprint density at radius 3 is 2.46 bits per heavy atom. The van der Waals surface area contributed by atoms with Crippen molar-refractivity contribution >= 4 is 58.5 Å². The second-order valence-electron chi connectivity index (χ2n) is 4.28. The van der Waals surface area contributed by atoms with Gasteiger partial charge >= 0.3 is 6.18 Å². The van der Waals surface area contributed by atoms with Crippen LogP contribution in [0, 0.1) is 11.3 Å². The van der Waals surface area contributed by atoms with Gasteiger partial charge in [0.05, 0.1) is 17.4 Å². The number of carbonyl (C=O) groups excluding carboxylic acids is 1. The standard InChI is InChI=1S/C11H9BrF3N3O2.Cl2OS/c1-10(20,5-12)9(19)18-6-2-7(11(13,14)15)8(3-16)17-4-6;1-4(2)3/h2,4,20H,5H2,1H3,(H,18,19);/t10-;/m0./s1. The quantitative estimate of drug-likeness (QED) is 0.521. The Morgan fingerprint density at radius 2 is 2.08 bits per heavy atom. The van der Waals surface area contributed by atoms with E-state index in [9.17, 15) is 23.1 Å². The minimum atomic E-state index is -4.77. The maximum atomic E-state index is 12.7. The fraction of sp³-hybridized carbons (Fsp3) is 0.364. The molecule has 1 amide bonds. The van der Waals surface area contributed by atoms with Crippen molar-refractivity contribution in [3.63, 3.8) is 0 Å². The molecule has 13 heteroatoms. The lowest BCUT2D eigenvalue weighted by molar-refractivity contribution is -0.138. The topological polar surface area (TPSA) is 109 Å². The van der Waals surface area contributed by atoms with Gasteiger partial charge in [-0.3, -0.25) is 4.79 Å². The highest BCUT2D eigenvalue weighted by Gasteiger charge is 2.35. The molecule has 1 aromatic rings. The fourth-order valence-corrected chi connectivity index (χ4v) is 1.42. The number of halogens is 6. The van der Waals surface area contributed by atoms with Gasteiger partial charge in [0.2, 0.25) is 0 Å². The van der Waals surface area contributed by atoms with Crippen molar-refractivity contribution in [2.75, 3.05) is 10.6 Å². The van der Waals surface area contributed by atoms with Gasteiger partial charge in [0.15, 0.2) is 36.7 Å². The van der Waals surface area contributed by atoms with Gasteiger partial charge in [0, 0.05) is 5.33 Å². The van der Waals surface area contributed by atoms with Gasteiger partial charge in [-0.1, -0.05) is 15.9 Å². The molecule has 0 aliphatic carbocycles. The predicted molar refractivity (Wildman–Crippen MR) is 86.8 cm³/mol. The second-order valence-corrected chi connectivity index (χ2v) is 7.36. The lowest BCUT2D eigenvalue weighted by atomic mass is 10.1. The van der Waals surface area contributed by atoms with Crippen LogP contribution in [0.3, 0.4) is 0 Å². The average molecular weight is 471 g/mol. The first-order chi connectivity index (χ1) is 10.8. The van der Waals surface area contributed by atoms with E-state index in [1.165, 1.54) is 13.0 Å². The van der Waals surface area contributed by atoms with Crippen molar-refractivity contribution in [3.8, 4) is 6.07 Å². The van der Waals surface area contributed by atoms with Crippen LogP contribution in [-0.4, -0.2) is 31.5 Å². The average Bonchev–Trinajstić information content (AvgIpc) is 2.45. The number of rotatable bonds is 3. The molecule has 6 nitrogen and oxygen atoms in total. The Bertz CT molecular complexity index is 624. The van der Waals surface area contributed by atoms with Gasteiger partial charge in [-0.2, -0.15) is 18.4 Å². The van der Waals surface area contributed by atoms with E-state index in [2.05, 4.69) is 47.6 Å². The molecule has 0 unspecified atom stereocenters. The Balaban J connectivity index is 0.00000118. The van der Waals surface area contributed by atoms with E-state index in [4.69, 9.17) is 9.81 Å². The number of pyridine rings is 1. The van der Waals surface area contributed by atoms with Gasteiger partial charge < -0.3 is 15.0 Å². The number of nitrogens with one attached hydrogen (secondary N) is 1. The van der Waals surface area contributed by atoms with Crippen molar-refractivity contribution in [3.05, 3.63) is 23.5 Å². The van der Waals surface area contributed by atoms with Crippen molar-refractivity contribution in [2.45, 2.75) is 18.7 Å². The molecule has 0 fully saturated rings. The Labute approximate surface area is 155 Å². The van der Waals surface area contributed by atoms with Crippen LogP contribution in [0.1, 0.15) is 18.2 Å². The maximum Gasteiger partial charge on any atom is 0.419 e. The maximum absolute atomic E-state index is 12.7. The summed E-state index contributed by atoms with van der Waals surface area (Å²) in [5.41, 5.74) is -4.09. The summed E-state index contributed by atoms with van der Waals surface area (Å²) in [5.74, 6) is -0.894. The highest BCUT2D eigenvalue weighted by molar-refractivity contribution is 9.09. The number of amides is 1. The number of aliphatic hydroxyl groups is 1. The summed E-state index contributed by atoms with van der Waals surface area (Å²) in [7, 11) is 7.36. The molecule has 0 aromatic carbocycles. The van der Waals surface area contributed by atoms with Gasteiger partial charge in [-0.15, -0.1) is 0 Å². The van der Waals surface area contributed by atoms with Gasteiger partial charge in [0.1, 0.15) is 11.7 Å². The third kappa shape index (κ3) is 7.87. The second kappa shape index (κ2) is 9.65. The third-order valence-corrected chi connectivity index (χ3v) is 3.40. The highest BCUT2D eigenvalue weighted by Crippen LogP contribution is 2.32. The van der Waals surface area contributed by atoms with Crippen LogP contribution in [0.25, 0.3) is 0 Å². The van der Waals surface area contributed by atoms with Gasteiger partial charge in [0.25, 0.3) is 5.91 Å². The fourth-order valence-electron chi connectivity index (χ4n) is 1.16. The Morgan fingerprint density at radius 1 is 1.58 bits per heavy atom. The molecule has 1 rings (SSSR count). The van der Waals surface area contributed by atoms with E-state index in [1.807, 2.05) is 0 Å². The third-order valence-electron chi connectivity index (χ3n) is 2.31. The van der Waals surface area contributed by atoms with E-state index in [1.54, 1.807) is 0 Å². The molecule has 0 radical (unpaired) electrons. The summed E-state index contributed by atoms with van der Waals surface area (Å²) >= 11 is 2.90. The summed E-state index contributed by atoms with van der Waals surface area (Å²) in [5, 5.41) is 20.2. The molecule has 1 atom stereocenters. The monoisotopic (exact) mass is 469 g/mol. The van der Waals surface area contributed by atoms with E-state index in [0.717, 1.165) is 6.20 Å².